The van der Waals surface area contributed by atoms with Crippen molar-refractivity contribution >= 4 is 30.1 Å². The van der Waals surface area contributed by atoms with Crippen molar-refractivity contribution in [3.8, 4) is 0 Å². The smallest absolute Gasteiger partial charge is 0.407 e. The first-order valence-electron chi connectivity index (χ1n) is 5.38. The van der Waals surface area contributed by atoms with Crippen molar-refractivity contribution < 1.29 is 9.53 Å². The Labute approximate surface area is 111 Å². The van der Waals surface area contributed by atoms with E-state index in [1.165, 1.54) is 0 Å². The number of carbonyl (C=O) groups excluding carboxylic acids is 1. The van der Waals surface area contributed by atoms with Crippen LogP contribution in [-0.2, 0) is 11.2 Å². The minimum absolute atomic E-state index is 0.0337. The highest BCUT2D eigenvalue weighted by molar-refractivity contribution is 7.80. The average molecular weight is 274 g/mol. The molecule has 1 aromatic heterocycles. The van der Waals surface area contributed by atoms with E-state index in [1.54, 1.807) is 23.0 Å². The molecule has 0 bridgehead atoms. The van der Waals surface area contributed by atoms with E-state index in [-0.39, 0.29) is 6.04 Å². The first kappa shape index (κ1) is 14.3. The van der Waals surface area contributed by atoms with Crippen LogP contribution in [0.2, 0.25) is 0 Å². The number of nitrogens with one attached hydrogen (secondary N) is 1. The number of aromatic nitrogens is 1. The lowest BCUT2D eigenvalue weighted by Gasteiger charge is -2.22. The van der Waals surface area contributed by atoms with Crippen LogP contribution >= 0.6 is 24.0 Å². The molecule has 1 atom stereocenters. The van der Waals surface area contributed by atoms with Gasteiger partial charge in [-0.15, -0.1) is 11.3 Å². The van der Waals surface area contributed by atoms with Crippen molar-refractivity contribution in [3.05, 3.63) is 16.6 Å². The van der Waals surface area contributed by atoms with E-state index >= 15 is 0 Å². The summed E-state index contributed by atoms with van der Waals surface area (Å²) in [6, 6.07) is -0.0337. The maximum Gasteiger partial charge on any atom is 0.407 e. The Bertz CT molecular complexity index is 347. The van der Waals surface area contributed by atoms with E-state index in [1.807, 2.05) is 20.8 Å². The number of thiazole rings is 1. The maximum absolute atomic E-state index is 11.6. The number of alkyl carbamates (subject to hydrolysis) is 1. The molecule has 0 spiro atoms. The number of ether oxygens (including phenoxy) is 1. The van der Waals surface area contributed by atoms with Gasteiger partial charge in [0.1, 0.15) is 5.60 Å². The number of hydrogen-bond donors (Lipinski definition) is 2. The second-order valence-electron chi connectivity index (χ2n) is 4.70. The first-order valence-corrected chi connectivity index (χ1v) is 6.89. The summed E-state index contributed by atoms with van der Waals surface area (Å²) in [5.41, 5.74) is 1.30. The molecule has 0 aromatic carbocycles. The van der Waals surface area contributed by atoms with Crippen LogP contribution in [0, 0.1) is 0 Å². The third-order valence-corrected chi connectivity index (χ3v) is 3.12. The van der Waals surface area contributed by atoms with Crippen LogP contribution in [0.5, 0.6) is 0 Å². The molecule has 0 fully saturated rings. The van der Waals surface area contributed by atoms with E-state index in [9.17, 15) is 4.79 Å². The zero-order chi connectivity index (χ0) is 12.9. The molecule has 1 aromatic rings. The topological polar surface area (TPSA) is 51.2 Å². The average Bonchev–Trinajstić information content (AvgIpc) is 2.66. The standard InChI is InChI=1S/C11H18N2O2S2/c1-11(2,3)15-10(14)13-8(6-16)4-9-5-12-7-17-9/h5,7-8,16H,4,6H2,1-3H3,(H,13,14)/t8-/m0/s1. The first-order chi connectivity index (χ1) is 7.90. The van der Waals surface area contributed by atoms with Crippen molar-refractivity contribution in [1.29, 1.82) is 0 Å². The number of amides is 1. The number of thiol groups is 1. The summed E-state index contributed by atoms with van der Waals surface area (Å²) in [4.78, 5) is 16.7. The number of carbonyl (C=O) groups is 1. The summed E-state index contributed by atoms with van der Waals surface area (Å²) in [5, 5.41) is 2.80. The molecule has 6 heteroatoms. The zero-order valence-corrected chi connectivity index (χ0v) is 12.0. The van der Waals surface area contributed by atoms with Crippen LogP contribution in [0.15, 0.2) is 11.7 Å². The van der Waals surface area contributed by atoms with E-state index in [0.29, 0.717) is 5.75 Å². The fourth-order valence-electron chi connectivity index (χ4n) is 1.22. The Morgan fingerprint density at radius 1 is 1.65 bits per heavy atom. The molecule has 1 amide bonds. The molecule has 0 aliphatic rings. The van der Waals surface area contributed by atoms with E-state index in [0.717, 1.165) is 11.3 Å². The van der Waals surface area contributed by atoms with Crippen LogP contribution in [-0.4, -0.2) is 28.5 Å². The van der Waals surface area contributed by atoms with Crippen LogP contribution < -0.4 is 5.32 Å². The number of hydrogen-bond acceptors (Lipinski definition) is 5. The van der Waals surface area contributed by atoms with Crippen LogP contribution in [0.1, 0.15) is 25.6 Å². The highest BCUT2D eigenvalue weighted by atomic mass is 32.1. The maximum atomic E-state index is 11.6. The Balaban J connectivity index is 2.44. The highest BCUT2D eigenvalue weighted by Crippen LogP contribution is 2.11. The summed E-state index contributed by atoms with van der Waals surface area (Å²) >= 11 is 5.80. The van der Waals surface area contributed by atoms with Gasteiger partial charge in [-0.25, -0.2) is 4.79 Å². The van der Waals surface area contributed by atoms with Crippen molar-refractivity contribution in [2.24, 2.45) is 0 Å². The minimum atomic E-state index is -0.476. The fourth-order valence-corrected chi connectivity index (χ4v) is 2.12. The molecule has 4 nitrogen and oxygen atoms in total. The van der Waals surface area contributed by atoms with Gasteiger partial charge in [-0.1, -0.05) is 0 Å². The summed E-state index contributed by atoms with van der Waals surface area (Å²) in [7, 11) is 0. The van der Waals surface area contributed by atoms with Crippen molar-refractivity contribution in [1.82, 2.24) is 10.3 Å². The summed E-state index contributed by atoms with van der Waals surface area (Å²) in [6.45, 7) is 5.52. The third-order valence-electron chi connectivity index (χ3n) is 1.87. The Morgan fingerprint density at radius 2 is 2.35 bits per heavy atom. The third kappa shape index (κ3) is 5.93. The molecule has 0 unspecified atom stereocenters. The van der Waals surface area contributed by atoms with E-state index in [4.69, 9.17) is 4.74 Å². The number of nitrogens with zero attached hydrogens (tertiary/aromatic N) is 1. The molecule has 96 valence electrons. The lowest BCUT2D eigenvalue weighted by molar-refractivity contribution is 0.0510. The SMILES string of the molecule is CC(C)(C)OC(=O)N[C@H](CS)Cc1cncs1. The van der Waals surface area contributed by atoms with Gasteiger partial charge < -0.3 is 10.1 Å². The molecule has 1 heterocycles. The minimum Gasteiger partial charge on any atom is -0.444 e. The summed E-state index contributed by atoms with van der Waals surface area (Å²) in [6.07, 6.45) is 2.13. The summed E-state index contributed by atoms with van der Waals surface area (Å²) < 4.78 is 5.19. The largest absolute Gasteiger partial charge is 0.444 e. The molecule has 0 aliphatic carbocycles. The van der Waals surface area contributed by atoms with Gasteiger partial charge in [0.15, 0.2) is 0 Å². The van der Waals surface area contributed by atoms with Gasteiger partial charge in [0, 0.05) is 29.3 Å². The Morgan fingerprint density at radius 3 is 2.82 bits per heavy atom. The van der Waals surface area contributed by atoms with E-state index < -0.39 is 11.7 Å². The van der Waals surface area contributed by atoms with Crippen LogP contribution in [0.3, 0.4) is 0 Å². The molecular formula is C11H18N2O2S2. The quantitative estimate of drug-likeness (QED) is 0.830. The molecule has 0 aliphatic heterocycles. The van der Waals surface area contributed by atoms with Gasteiger partial charge in [-0.05, 0) is 20.8 Å². The number of rotatable bonds is 4. The van der Waals surface area contributed by atoms with Gasteiger partial charge >= 0.3 is 6.09 Å². The molecule has 0 saturated carbocycles. The van der Waals surface area contributed by atoms with Gasteiger partial charge in [-0.3, -0.25) is 4.98 Å². The van der Waals surface area contributed by atoms with Crippen molar-refractivity contribution in [3.63, 3.8) is 0 Å². The normalized spacial score (nSPS) is 13.2. The van der Waals surface area contributed by atoms with Crippen LogP contribution in [0.25, 0.3) is 0 Å². The van der Waals surface area contributed by atoms with Gasteiger partial charge in [-0.2, -0.15) is 12.6 Å². The Kier molecular flexibility index (Phi) is 5.27. The van der Waals surface area contributed by atoms with Crippen molar-refractivity contribution in [2.45, 2.75) is 38.8 Å². The lowest BCUT2D eigenvalue weighted by atomic mass is 10.2. The summed E-state index contributed by atoms with van der Waals surface area (Å²) in [5.74, 6) is 0.567. The molecule has 0 radical (unpaired) electrons. The fraction of sp³-hybridized carbons (Fsp3) is 0.636. The van der Waals surface area contributed by atoms with Crippen LogP contribution in [0.4, 0.5) is 4.79 Å². The Hall–Kier alpha value is -0.750. The molecular weight excluding hydrogens is 256 g/mol. The predicted molar refractivity (Wildman–Crippen MR) is 72.8 cm³/mol. The van der Waals surface area contributed by atoms with Gasteiger partial charge in [0.2, 0.25) is 0 Å². The second kappa shape index (κ2) is 6.26. The molecule has 0 saturated heterocycles. The van der Waals surface area contributed by atoms with Gasteiger partial charge in [0.05, 0.1) is 5.51 Å². The molecule has 1 rings (SSSR count). The lowest BCUT2D eigenvalue weighted by Crippen LogP contribution is -2.41. The molecule has 17 heavy (non-hydrogen) atoms. The van der Waals surface area contributed by atoms with Gasteiger partial charge in [0.25, 0.3) is 0 Å². The monoisotopic (exact) mass is 274 g/mol. The second-order valence-corrected chi connectivity index (χ2v) is 6.03. The highest BCUT2D eigenvalue weighted by Gasteiger charge is 2.19. The zero-order valence-electron chi connectivity index (χ0n) is 10.3. The molecule has 1 N–H and O–H groups in total. The predicted octanol–water partition coefficient (Wildman–Crippen LogP) is 2.51. The van der Waals surface area contributed by atoms with E-state index in [2.05, 4.69) is 22.9 Å². The van der Waals surface area contributed by atoms with Crippen molar-refractivity contribution in [2.75, 3.05) is 5.75 Å².